The predicted octanol–water partition coefficient (Wildman–Crippen LogP) is 3.48. The average molecular weight is 452 g/mol. The van der Waals surface area contributed by atoms with Crippen LogP contribution in [0.25, 0.3) is 23.7 Å². The summed E-state index contributed by atoms with van der Waals surface area (Å²) in [6.07, 6.45) is 10.8. The molecule has 4 heterocycles. The van der Waals surface area contributed by atoms with Crippen LogP contribution in [0.5, 0.6) is 5.75 Å². The molecule has 4 aromatic rings. The highest BCUT2D eigenvalue weighted by molar-refractivity contribution is 5.69. The minimum atomic E-state index is -1.01. The lowest BCUT2D eigenvalue weighted by molar-refractivity contribution is -0.139. The number of rotatable bonds is 7. The quantitative estimate of drug-likeness (QED) is 0.450. The van der Waals surface area contributed by atoms with Gasteiger partial charge in [-0.1, -0.05) is 12.1 Å². The number of anilines is 1. The van der Waals surface area contributed by atoms with E-state index < -0.39 is 5.97 Å². The maximum absolute atomic E-state index is 10.7. The van der Waals surface area contributed by atoms with E-state index >= 15 is 0 Å². The van der Waals surface area contributed by atoms with Crippen LogP contribution < -0.4 is 9.64 Å². The summed E-state index contributed by atoms with van der Waals surface area (Å²) in [5.41, 5.74) is 4.60. The van der Waals surface area contributed by atoms with Gasteiger partial charge in [-0.15, -0.1) is 0 Å². The summed E-state index contributed by atoms with van der Waals surface area (Å²) in [5, 5.41) is 8.81. The van der Waals surface area contributed by atoms with Crippen molar-refractivity contribution in [2.24, 2.45) is 0 Å². The van der Waals surface area contributed by atoms with E-state index in [2.05, 4.69) is 19.9 Å². The summed E-state index contributed by atoms with van der Waals surface area (Å²) in [6.45, 7) is 0.872. The molecule has 0 aliphatic carbocycles. The summed E-state index contributed by atoms with van der Waals surface area (Å²) in [7, 11) is 0. The van der Waals surface area contributed by atoms with Crippen LogP contribution in [0, 0.1) is 0 Å². The first-order valence-corrected chi connectivity index (χ1v) is 10.6. The maximum atomic E-state index is 10.7. The van der Waals surface area contributed by atoms with E-state index in [9.17, 15) is 4.79 Å². The molecular formula is C25H20N6O3. The standard InChI is InChI=1S/C25H20N6O3/c32-23(33)16-34-21-4-2-18-14-31(15-19(18)13-21)25-28-12-8-22(30-25)24-27-11-7-20(29-24)3-1-17-5-9-26-10-6-17/h1-13H,14-16H2,(H,32,33)/b3-1+. The van der Waals surface area contributed by atoms with Crippen LogP contribution in [-0.4, -0.2) is 42.6 Å². The molecule has 0 amide bonds. The van der Waals surface area contributed by atoms with Crippen LogP contribution in [0.1, 0.15) is 22.4 Å². The van der Waals surface area contributed by atoms with Gasteiger partial charge < -0.3 is 14.7 Å². The first kappa shape index (κ1) is 21.2. The molecule has 0 unspecified atom stereocenters. The Morgan fingerprint density at radius 2 is 1.76 bits per heavy atom. The predicted molar refractivity (Wildman–Crippen MR) is 126 cm³/mol. The molecule has 0 bridgehead atoms. The number of aromatic nitrogens is 5. The van der Waals surface area contributed by atoms with Crippen molar-refractivity contribution in [2.75, 3.05) is 11.5 Å². The summed E-state index contributed by atoms with van der Waals surface area (Å²) < 4.78 is 5.30. The number of pyridine rings is 1. The minimum absolute atomic E-state index is 0.371. The summed E-state index contributed by atoms with van der Waals surface area (Å²) >= 11 is 0. The molecule has 3 aromatic heterocycles. The Morgan fingerprint density at radius 3 is 2.62 bits per heavy atom. The highest BCUT2D eigenvalue weighted by Gasteiger charge is 2.22. The number of carboxylic acids is 1. The van der Waals surface area contributed by atoms with Crippen molar-refractivity contribution in [3.8, 4) is 17.3 Å². The summed E-state index contributed by atoms with van der Waals surface area (Å²) in [4.78, 5) is 35.0. The molecule has 0 radical (unpaired) electrons. The third-order valence-electron chi connectivity index (χ3n) is 5.25. The molecule has 1 N–H and O–H groups in total. The fourth-order valence-corrected chi connectivity index (χ4v) is 3.62. The van der Waals surface area contributed by atoms with Gasteiger partial charge in [0, 0.05) is 37.9 Å². The van der Waals surface area contributed by atoms with Gasteiger partial charge in [-0.3, -0.25) is 4.98 Å². The minimum Gasteiger partial charge on any atom is -0.482 e. The second kappa shape index (κ2) is 9.45. The van der Waals surface area contributed by atoms with Crippen LogP contribution >= 0.6 is 0 Å². The topological polar surface area (TPSA) is 114 Å². The zero-order valence-corrected chi connectivity index (χ0v) is 18.1. The van der Waals surface area contributed by atoms with E-state index in [1.807, 2.05) is 47.4 Å². The number of hydrogen-bond donors (Lipinski definition) is 1. The number of nitrogens with zero attached hydrogens (tertiary/aromatic N) is 6. The molecule has 9 nitrogen and oxygen atoms in total. The first-order chi connectivity index (χ1) is 16.6. The Labute approximate surface area is 195 Å². The number of carboxylic acid groups (broad SMARTS) is 1. The van der Waals surface area contributed by atoms with Gasteiger partial charge >= 0.3 is 5.97 Å². The molecule has 0 spiro atoms. The van der Waals surface area contributed by atoms with Crippen LogP contribution in [0.3, 0.4) is 0 Å². The van der Waals surface area contributed by atoms with E-state index in [4.69, 9.17) is 14.8 Å². The normalized spacial score (nSPS) is 12.6. The molecule has 1 aliphatic rings. The Kier molecular flexibility index (Phi) is 5.89. The SMILES string of the molecule is O=C(O)COc1ccc2c(c1)CN(c1nccc(-c3nccc(/C=C/c4ccncc4)n3)n1)C2. The molecule has 168 valence electrons. The molecule has 0 atom stereocenters. The van der Waals surface area contributed by atoms with Gasteiger partial charge in [0.1, 0.15) is 11.4 Å². The number of hydrogen-bond acceptors (Lipinski definition) is 8. The van der Waals surface area contributed by atoms with Gasteiger partial charge in [-0.2, -0.15) is 0 Å². The van der Waals surface area contributed by atoms with Crippen LogP contribution in [0.2, 0.25) is 0 Å². The Balaban J connectivity index is 1.33. The smallest absolute Gasteiger partial charge is 0.341 e. The van der Waals surface area contributed by atoms with Gasteiger partial charge in [-0.05, 0) is 59.2 Å². The van der Waals surface area contributed by atoms with E-state index in [0.717, 1.165) is 22.4 Å². The van der Waals surface area contributed by atoms with Crippen LogP contribution in [0.4, 0.5) is 5.95 Å². The van der Waals surface area contributed by atoms with Crippen LogP contribution in [-0.2, 0) is 17.9 Å². The second-order valence-electron chi connectivity index (χ2n) is 7.63. The molecule has 0 saturated carbocycles. The molecule has 34 heavy (non-hydrogen) atoms. The van der Waals surface area contributed by atoms with Crippen molar-refractivity contribution in [1.82, 2.24) is 24.9 Å². The zero-order chi connectivity index (χ0) is 23.3. The number of ether oxygens (including phenoxy) is 1. The third kappa shape index (κ3) is 4.88. The number of benzene rings is 1. The van der Waals surface area contributed by atoms with Crippen molar-refractivity contribution >= 4 is 24.1 Å². The molecule has 0 saturated heterocycles. The largest absolute Gasteiger partial charge is 0.482 e. The van der Waals surface area contributed by atoms with Crippen molar-refractivity contribution in [3.05, 3.63) is 89.6 Å². The molecule has 9 heteroatoms. The van der Waals surface area contributed by atoms with E-state index in [0.29, 0.717) is 36.3 Å². The number of aliphatic carboxylic acids is 1. The lowest BCUT2D eigenvalue weighted by Crippen LogP contribution is -2.17. The fourth-order valence-electron chi connectivity index (χ4n) is 3.62. The van der Waals surface area contributed by atoms with Crippen molar-refractivity contribution in [1.29, 1.82) is 0 Å². The van der Waals surface area contributed by atoms with Gasteiger partial charge in [0.15, 0.2) is 12.4 Å². The molecule has 1 aliphatic heterocycles. The monoisotopic (exact) mass is 452 g/mol. The number of fused-ring (bicyclic) bond motifs is 1. The van der Waals surface area contributed by atoms with Gasteiger partial charge in [0.25, 0.3) is 0 Å². The zero-order valence-electron chi connectivity index (χ0n) is 18.1. The van der Waals surface area contributed by atoms with E-state index in [1.165, 1.54) is 0 Å². The van der Waals surface area contributed by atoms with Crippen LogP contribution in [0.15, 0.2) is 67.3 Å². The summed E-state index contributed by atoms with van der Waals surface area (Å²) in [6, 6.07) is 13.1. The second-order valence-corrected chi connectivity index (χ2v) is 7.63. The van der Waals surface area contributed by atoms with Gasteiger partial charge in [-0.25, -0.2) is 24.7 Å². The third-order valence-corrected chi connectivity index (χ3v) is 5.25. The fraction of sp³-hybridized carbons (Fsp3) is 0.120. The summed E-state index contributed by atoms with van der Waals surface area (Å²) in [5.74, 6) is 0.610. The molecule has 0 fully saturated rings. The van der Waals surface area contributed by atoms with Crippen molar-refractivity contribution in [3.63, 3.8) is 0 Å². The first-order valence-electron chi connectivity index (χ1n) is 10.6. The van der Waals surface area contributed by atoms with Gasteiger partial charge in [0.2, 0.25) is 5.95 Å². The van der Waals surface area contributed by atoms with E-state index in [1.54, 1.807) is 36.9 Å². The maximum Gasteiger partial charge on any atom is 0.341 e. The van der Waals surface area contributed by atoms with Crippen molar-refractivity contribution in [2.45, 2.75) is 13.1 Å². The Hall–Kier alpha value is -4.66. The lowest BCUT2D eigenvalue weighted by atomic mass is 10.1. The lowest BCUT2D eigenvalue weighted by Gasteiger charge is -2.15. The van der Waals surface area contributed by atoms with Crippen molar-refractivity contribution < 1.29 is 14.6 Å². The number of carbonyl (C=O) groups is 1. The highest BCUT2D eigenvalue weighted by Crippen LogP contribution is 2.29. The Morgan fingerprint density at radius 1 is 0.941 bits per heavy atom. The average Bonchev–Trinajstić information content (AvgIpc) is 3.31. The van der Waals surface area contributed by atoms with E-state index in [-0.39, 0.29) is 6.61 Å². The van der Waals surface area contributed by atoms with Gasteiger partial charge in [0.05, 0.1) is 5.69 Å². The molecule has 5 rings (SSSR count). The molecule has 1 aromatic carbocycles. The highest BCUT2D eigenvalue weighted by atomic mass is 16.5. The molecular weight excluding hydrogens is 432 g/mol. The Bertz CT molecular complexity index is 1360.